The maximum atomic E-state index is 14.6. The van der Waals surface area contributed by atoms with Gasteiger partial charge >= 0.3 is 0 Å². The highest BCUT2D eigenvalue weighted by atomic mass is 35.5. The predicted octanol–water partition coefficient (Wildman–Crippen LogP) is 6.63. The van der Waals surface area contributed by atoms with Crippen molar-refractivity contribution in [3.05, 3.63) is 130 Å². The molecule has 0 radical (unpaired) electrons. The summed E-state index contributed by atoms with van der Waals surface area (Å²) in [5.41, 5.74) is 4.92. The second-order valence-electron chi connectivity index (χ2n) is 11.6. The summed E-state index contributed by atoms with van der Waals surface area (Å²) in [4.78, 5) is 29.9. The van der Waals surface area contributed by atoms with Crippen molar-refractivity contribution < 1.29 is 18.0 Å². The van der Waals surface area contributed by atoms with Gasteiger partial charge in [-0.1, -0.05) is 72.3 Å². The lowest BCUT2D eigenvalue weighted by Gasteiger charge is -2.34. The Morgan fingerprint density at radius 2 is 1.44 bits per heavy atom. The van der Waals surface area contributed by atoms with Gasteiger partial charge in [-0.25, -0.2) is 8.42 Å². The lowest BCUT2D eigenvalue weighted by atomic mass is 10.0. The Balaban J connectivity index is 1.83. The number of aryl methyl sites for hydroxylation is 3. The topological polar surface area (TPSA) is 86.8 Å². The number of carbonyl (C=O) groups excluding carboxylic acids is 2. The molecule has 0 fully saturated rings. The van der Waals surface area contributed by atoms with Gasteiger partial charge in [-0.3, -0.25) is 13.9 Å². The van der Waals surface area contributed by atoms with Gasteiger partial charge < -0.3 is 10.2 Å². The van der Waals surface area contributed by atoms with Gasteiger partial charge in [0.2, 0.25) is 11.8 Å². The normalized spacial score (nSPS) is 12.1. The zero-order valence-electron chi connectivity index (χ0n) is 26.3. The van der Waals surface area contributed by atoms with Gasteiger partial charge in [0.1, 0.15) is 12.6 Å². The summed E-state index contributed by atoms with van der Waals surface area (Å²) in [6, 6.07) is 27.3. The zero-order valence-corrected chi connectivity index (χ0v) is 27.9. The number of halogens is 1. The monoisotopic (exact) mass is 645 g/mol. The largest absolute Gasteiger partial charge is 0.352 e. The second-order valence-corrected chi connectivity index (χ2v) is 13.8. The van der Waals surface area contributed by atoms with E-state index >= 15 is 0 Å². The molecular formula is C36H40ClN3O4S. The molecule has 4 aromatic carbocycles. The smallest absolute Gasteiger partial charge is 0.264 e. The number of hydrogen-bond donors (Lipinski definition) is 1. The minimum absolute atomic E-state index is 0.00164. The van der Waals surface area contributed by atoms with Gasteiger partial charge in [0.15, 0.2) is 0 Å². The number of nitrogens with one attached hydrogen (secondary N) is 1. The molecule has 236 valence electrons. The molecule has 0 unspecified atom stereocenters. The van der Waals surface area contributed by atoms with E-state index in [1.54, 1.807) is 12.1 Å². The quantitative estimate of drug-likeness (QED) is 0.188. The molecule has 0 aliphatic rings. The number of benzene rings is 4. The van der Waals surface area contributed by atoms with Crippen molar-refractivity contribution in [2.45, 2.75) is 64.6 Å². The van der Waals surface area contributed by atoms with Crippen molar-refractivity contribution in [2.75, 3.05) is 10.8 Å². The van der Waals surface area contributed by atoms with Crippen LogP contribution in [0.5, 0.6) is 0 Å². The number of hydrogen-bond acceptors (Lipinski definition) is 4. The van der Waals surface area contributed by atoms with E-state index in [2.05, 4.69) is 5.32 Å². The fraction of sp³-hybridized carbons (Fsp3) is 0.278. The summed E-state index contributed by atoms with van der Waals surface area (Å²) in [6.45, 7) is 9.12. The van der Waals surface area contributed by atoms with Crippen LogP contribution in [-0.2, 0) is 32.6 Å². The molecule has 1 N–H and O–H groups in total. The van der Waals surface area contributed by atoms with Crippen LogP contribution in [0.15, 0.2) is 102 Å². The third-order valence-corrected chi connectivity index (χ3v) is 9.80. The van der Waals surface area contributed by atoms with E-state index < -0.39 is 28.5 Å². The molecule has 9 heteroatoms. The van der Waals surface area contributed by atoms with Gasteiger partial charge in [0.05, 0.1) is 10.6 Å². The van der Waals surface area contributed by atoms with E-state index in [9.17, 15) is 18.0 Å². The molecule has 0 spiro atoms. The molecule has 1 atom stereocenters. The minimum Gasteiger partial charge on any atom is -0.352 e. The first-order valence-electron chi connectivity index (χ1n) is 14.9. The van der Waals surface area contributed by atoms with Crippen LogP contribution in [0.4, 0.5) is 5.69 Å². The molecule has 0 aromatic heterocycles. The molecular weight excluding hydrogens is 606 g/mol. The molecule has 0 aliphatic carbocycles. The molecule has 45 heavy (non-hydrogen) atoms. The van der Waals surface area contributed by atoms with E-state index in [1.807, 2.05) is 95.3 Å². The Bertz CT molecular complexity index is 1740. The third kappa shape index (κ3) is 8.53. The lowest BCUT2D eigenvalue weighted by Crippen LogP contribution is -2.54. The van der Waals surface area contributed by atoms with Crippen LogP contribution in [0.25, 0.3) is 0 Å². The Kier molecular flexibility index (Phi) is 11.1. The Morgan fingerprint density at radius 1 is 0.800 bits per heavy atom. The minimum atomic E-state index is -4.21. The van der Waals surface area contributed by atoms with Crippen LogP contribution in [0.2, 0.25) is 5.02 Å². The van der Waals surface area contributed by atoms with Crippen LogP contribution in [0.3, 0.4) is 0 Å². The molecule has 2 amide bonds. The van der Waals surface area contributed by atoms with E-state index in [0.29, 0.717) is 10.7 Å². The van der Waals surface area contributed by atoms with E-state index in [4.69, 9.17) is 11.6 Å². The summed E-state index contributed by atoms with van der Waals surface area (Å²) >= 11 is 6.07. The van der Waals surface area contributed by atoms with Crippen LogP contribution >= 0.6 is 11.6 Å². The maximum absolute atomic E-state index is 14.6. The highest BCUT2D eigenvalue weighted by Crippen LogP contribution is 2.28. The zero-order chi connectivity index (χ0) is 32.7. The molecule has 0 saturated heterocycles. The first kappa shape index (κ1) is 33.7. The number of amides is 2. The van der Waals surface area contributed by atoms with Crippen LogP contribution in [0, 0.1) is 20.8 Å². The number of carbonyl (C=O) groups is 2. The van der Waals surface area contributed by atoms with E-state index in [0.717, 1.165) is 32.1 Å². The molecule has 0 bridgehead atoms. The summed E-state index contributed by atoms with van der Waals surface area (Å²) in [7, 11) is -4.21. The average Bonchev–Trinajstić information content (AvgIpc) is 3.00. The summed E-state index contributed by atoms with van der Waals surface area (Å²) in [5, 5.41) is 3.38. The molecule has 0 aliphatic heterocycles. The Labute approximate surface area is 271 Å². The maximum Gasteiger partial charge on any atom is 0.264 e. The first-order chi connectivity index (χ1) is 21.4. The number of rotatable bonds is 12. The number of anilines is 1. The predicted molar refractivity (Wildman–Crippen MR) is 181 cm³/mol. The highest BCUT2D eigenvalue weighted by molar-refractivity contribution is 7.92. The SMILES string of the molecule is Cc1ccc(N(CC(=O)N(Cc2ccccc2C)[C@@H](Cc2ccccc2)C(=O)NC(C)C)S(=O)(=O)c2ccc(Cl)cc2)cc1C. The van der Waals surface area contributed by atoms with Crippen molar-refractivity contribution in [2.24, 2.45) is 0 Å². The van der Waals surface area contributed by atoms with Crippen molar-refractivity contribution in [1.82, 2.24) is 10.2 Å². The van der Waals surface area contributed by atoms with Crippen LogP contribution in [-0.4, -0.2) is 43.8 Å². The van der Waals surface area contributed by atoms with E-state index in [1.165, 1.54) is 29.2 Å². The molecule has 4 aromatic rings. The lowest BCUT2D eigenvalue weighted by molar-refractivity contribution is -0.140. The molecule has 0 saturated carbocycles. The standard InChI is InChI=1S/C36H40ClN3O4S/c1-25(2)38-36(42)34(22-29-12-7-6-8-13-29)39(23-30-14-10-9-11-27(30)4)35(41)24-40(32-18-15-26(3)28(5)21-32)45(43,44)33-19-16-31(37)17-20-33/h6-21,25,34H,22-24H2,1-5H3,(H,38,42)/t34-/m0/s1. The second kappa shape index (κ2) is 14.8. The molecule has 7 nitrogen and oxygen atoms in total. The number of nitrogens with zero attached hydrogens (tertiary/aromatic N) is 2. The highest BCUT2D eigenvalue weighted by Gasteiger charge is 2.35. The van der Waals surface area contributed by atoms with Crippen LogP contribution in [0.1, 0.15) is 41.7 Å². The average molecular weight is 646 g/mol. The summed E-state index contributed by atoms with van der Waals surface area (Å²) < 4.78 is 29.5. The van der Waals surface area contributed by atoms with Crippen molar-refractivity contribution >= 4 is 39.1 Å². The Morgan fingerprint density at radius 3 is 2.07 bits per heavy atom. The molecule has 4 rings (SSSR count). The first-order valence-corrected chi connectivity index (χ1v) is 16.7. The van der Waals surface area contributed by atoms with Crippen molar-refractivity contribution in [1.29, 1.82) is 0 Å². The fourth-order valence-electron chi connectivity index (χ4n) is 5.05. The van der Waals surface area contributed by atoms with Crippen LogP contribution < -0.4 is 9.62 Å². The summed E-state index contributed by atoms with van der Waals surface area (Å²) in [6.07, 6.45) is 0.255. The fourth-order valence-corrected chi connectivity index (χ4v) is 6.58. The summed E-state index contributed by atoms with van der Waals surface area (Å²) in [5.74, 6) is -0.817. The van der Waals surface area contributed by atoms with Gasteiger partial charge in [0.25, 0.3) is 10.0 Å². The van der Waals surface area contributed by atoms with Gasteiger partial charge in [-0.15, -0.1) is 0 Å². The number of sulfonamides is 1. The Hall–Kier alpha value is -4.14. The van der Waals surface area contributed by atoms with E-state index in [-0.39, 0.29) is 29.8 Å². The van der Waals surface area contributed by atoms with Crippen molar-refractivity contribution in [3.63, 3.8) is 0 Å². The van der Waals surface area contributed by atoms with Gasteiger partial charge in [-0.2, -0.15) is 0 Å². The molecule has 0 heterocycles. The van der Waals surface area contributed by atoms with Gasteiger partial charge in [0, 0.05) is 24.0 Å². The van der Waals surface area contributed by atoms with Crippen molar-refractivity contribution in [3.8, 4) is 0 Å². The third-order valence-electron chi connectivity index (χ3n) is 7.76. The van der Waals surface area contributed by atoms with Gasteiger partial charge in [-0.05, 0) is 98.8 Å².